The average molecular weight is 206 g/mol. The zero-order chi connectivity index (χ0) is 10.7. The third kappa shape index (κ3) is 2.18. The van der Waals surface area contributed by atoms with E-state index in [1.807, 2.05) is 37.3 Å². The summed E-state index contributed by atoms with van der Waals surface area (Å²) in [7, 11) is 0. The first kappa shape index (κ1) is 10.2. The molecule has 1 aromatic carbocycles. The molecule has 1 saturated heterocycles. The van der Waals surface area contributed by atoms with Crippen molar-refractivity contribution in [3.8, 4) is 0 Å². The minimum atomic E-state index is -0.422. The molecule has 3 heteroatoms. The highest BCUT2D eigenvalue weighted by atomic mass is 16.6. The molecule has 0 bridgehead atoms. The van der Waals surface area contributed by atoms with Crippen molar-refractivity contribution in [2.75, 3.05) is 13.2 Å². The van der Waals surface area contributed by atoms with Crippen molar-refractivity contribution in [2.45, 2.75) is 13.5 Å². The van der Waals surface area contributed by atoms with Crippen LogP contribution in [0, 0.1) is 5.41 Å². The van der Waals surface area contributed by atoms with Gasteiger partial charge in [0, 0.05) is 0 Å². The Morgan fingerprint density at radius 1 is 1.40 bits per heavy atom. The van der Waals surface area contributed by atoms with E-state index in [4.69, 9.17) is 9.47 Å². The topological polar surface area (TPSA) is 35.5 Å². The number of hydrogen-bond acceptors (Lipinski definition) is 3. The van der Waals surface area contributed by atoms with Crippen LogP contribution < -0.4 is 0 Å². The number of hydrogen-bond donors (Lipinski definition) is 0. The summed E-state index contributed by atoms with van der Waals surface area (Å²) in [5.74, 6) is -0.157. The van der Waals surface area contributed by atoms with Crippen LogP contribution in [0.25, 0.3) is 0 Å². The summed E-state index contributed by atoms with van der Waals surface area (Å²) in [4.78, 5) is 11.1. The van der Waals surface area contributed by atoms with Gasteiger partial charge in [-0.05, 0) is 12.5 Å². The maximum absolute atomic E-state index is 11.1. The SMILES string of the molecule is CC1(COCc2ccccc2)COC1=O. The van der Waals surface area contributed by atoms with Gasteiger partial charge >= 0.3 is 5.97 Å². The number of carbonyl (C=O) groups excluding carboxylic acids is 1. The lowest BCUT2D eigenvalue weighted by Gasteiger charge is -2.35. The highest BCUT2D eigenvalue weighted by Crippen LogP contribution is 2.28. The van der Waals surface area contributed by atoms with Crippen LogP contribution in [0.3, 0.4) is 0 Å². The fraction of sp³-hybridized carbons (Fsp3) is 0.417. The average Bonchev–Trinajstić information content (AvgIpc) is 2.28. The molecule has 3 nitrogen and oxygen atoms in total. The quantitative estimate of drug-likeness (QED) is 0.704. The normalized spacial score (nSPS) is 24.5. The Labute approximate surface area is 89.0 Å². The van der Waals surface area contributed by atoms with E-state index in [-0.39, 0.29) is 5.97 Å². The van der Waals surface area contributed by atoms with Crippen molar-refractivity contribution in [2.24, 2.45) is 5.41 Å². The largest absolute Gasteiger partial charge is 0.464 e. The van der Waals surface area contributed by atoms with Crippen LogP contribution in [0.1, 0.15) is 12.5 Å². The van der Waals surface area contributed by atoms with Crippen LogP contribution in [0.5, 0.6) is 0 Å². The molecule has 80 valence electrons. The summed E-state index contributed by atoms with van der Waals surface area (Å²) in [6.07, 6.45) is 0. The number of cyclic esters (lactones) is 1. The fourth-order valence-corrected chi connectivity index (χ4v) is 1.45. The van der Waals surface area contributed by atoms with Gasteiger partial charge in [-0.2, -0.15) is 0 Å². The molecule has 0 spiro atoms. The van der Waals surface area contributed by atoms with Crippen molar-refractivity contribution in [1.82, 2.24) is 0 Å². The summed E-state index contributed by atoms with van der Waals surface area (Å²) >= 11 is 0. The molecule has 0 amide bonds. The predicted molar refractivity (Wildman–Crippen MR) is 55.2 cm³/mol. The van der Waals surface area contributed by atoms with Crippen molar-refractivity contribution >= 4 is 5.97 Å². The van der Waals surface area contributed by atoms with Gasteiger partial charge in [0.25, 0.3) is 0 Å². The van der Waals surface area contributed by atoms with E-state index in [1.165, 1.54) is 0 Å². The monoisotopic (exact) mass is 206 g/mol. The second kappa shape index (κ2) is 4.03. The van der Waals surface area contributed by atoms with E-state index < -0.39 is 5.41 Å². The number of ether oxygens (including phenoxy) is 2. The molecule has 1 fully saturated rings. The smallest absolute Gasteiger partial charge is 0.317 e. The molecule has 1 aromatic rings. The van der Waals surface area contributed by atoms with Gasteiger partial charge in [-0.25, -0.2) is 0 Å². The molecule has 0 aromatic heterocycles. The molecule has 0 radical (unpaired) electrons. The van der Waals surface area contributed by atoms with E-state index in [1.54, 1.807) is 0 Å². The van der Waals surface area contributed by atoms with Crippen LogP contribution in [0.2, 0.25) is 0 Å². The van der Waals surface area contributed by atoms with E-state index >= 15 is 0 Å². The van der Waals surface area contributed by atoms with Crippen LogP contribution in [0.4, 0.5) is 0 Å². The summed E-state index contributed by atoms with van der Waals surface area (Å²) in [5.41, 5.74) is 0.697. The summed E-state index contributed by atoms with van der Waals surface area (Å²) in [6.45, 7) is 3.31. The highest BCUT2D eigenvalue weighted by molar-refractivity contribution is 5.81. The zero-order valence-corrected chi connectivity index (χ0v) is 8.73. The molecular weight excluding hydrogens is 192 g/mol. The number of carbonyl (C=O) groups is 1. The lowest BCUT2D eigenvalue weighted by atomic mass is 9.89. The predicted octanol–water partition coefficient (Wildman–Crippen LogP) is 1.77. The first-order valence-electron chi connectivity index (χ1n) is 5.00. The first-order valence-corrected chi connectivity index (χ1v) is 5.00. The fourth-order valence-electron chi connectivity index (χ4n) is 1.45. The van der Waals surface area contributed by atoms with Crippen LogP contribution in [0.15, 0.2) is 30.3 Å². The van der Waals surface area contributed by atoms with Gasteiger partial charge in [-0.1, -0.05) is 30.3 Å². The maximum atomic E-state index is 11.1. The van der Waals surface area contributed by atoms with Gasteiger partial charge in [0.05, 0.1) is 13.2 Å². The van der Waals surface area contributed by atoms with Gasteiger partial charge in [0.1, 0.15) is 12.0 Å². The van der Waals surface area contributed by atoms with E-state index in [0.717, 1.165) is 5.56 Å². The molecule has 15 heavy (non-hydrogen) atoms. The van der Waals surface area contributed by atoms with Crippen LogP contribution >= 0.6 is 0 Å². The first-order chi connectivity index (χ1) is 7.21. The van der Waals surface area contributed by atoms with E-state index in [9.17, 15) is 4.79 Å². The van der Waals surface area contributed by atoms with Gasteiger partial charge < -0.3 is 9.47 Å². The lowest BCUT2D eigenvalue weighted by molar-refractivity contribution is -0.190. The minimum Gasteiger partial charge on any atom is -0.464 e. The molecular formula is C12H14O3. The summed E-state index contributed by atoms with van der Waals surface area (Å²) < 4.78 is 10.2. The number of benzene rings is 1. The molecule has 1 heterocycles. The molecule has 2 rings (SSSR count). The molecule has 1 aliphatic rings. The van der Waals surface area contributed by atoms with Crippen LogP contribution in [-0.4, -0.2) is 19.2 Å². The van der Waals surface area contributed by atoms with Gasteiger partial charge in [0.15, 0.2) is 0 Å². The molecule has 0 saturated carbocycles. The zero-order valence-electron chi connectivity index (χ0n) is 8.73. The van der Waals surface area contributed by atoms with E-state index in [0.29, 0.717) is 19.8 Å². The van der Waals surface area contributed by atoms with Crippen molar-refractivity contribution in [1.29, 1.82) is 0 Å². The van der Waals surface area contributed by atoms with Gasteiger partial charge in [-0.15, -0.1) is 0 Å². The number of rotatable bonds is 4. The van der Waals surface area contributed by atoms with Crippen molar-refractivity contribution < 1.29 is 14.3 Å². The third-order valence-electron chi connectivity index (χ3n) is 2.55. The van der Waals surface area contributed by atoms with Crippen molar-refractivity contribution in [3.63, 3.8) is 0 Å². The Balaban J connectivity index is 1.78. The lowest BCUT2D eigenvalue weighted by Crippen LogP contribution is -2.48. The Morgan fingerprint density at radius 3 is 2.67 bits per heavy atom. The second-order valence-corrected chi connectivity index (χ2v) is 4.12. The molecule has 1 atom stereocenters. The van der Waals surface area contributed by atoms with E-state index in [2.05, 4.69) is 0 Å². The Hall–Kier alpha value is -1.35. The highest BCUT2D eigenvalue weighted by Gasteiger charge is 2.45. The summed E-state index contributed by atoms with van der Waals surface area (Å²) in [5, 5.41) is 0. The molecule has 0 N–H and O–H groups in total. The van der Waals surface area contributed by atoms with Gasteiger partial charge in [-0.3, -0.25) is 4.79 Å². The number of esters is 1. The Kier molecular flexibility index (Phi) is 2.73. The molecule has 1 aliphatic heterocycles. The molecule has 1 unspecified atom stereocenters. The maximum Gasteiger partial charge on any atom is 0.317 e. The third-order valence-corrected chi connectivity index (χ3v) is 2.55. The minimum absolute atomic E-state index is 0.157. The standard InChI is InChI=1S/C12H14O3/c1-12(9-15-11(12)13)8-14-7-10-5-3-2-4-6-10/h2-6H,7-9H2,1H3. The Bertz CT molecular complexity index is 347. The van der Waals surface area contributed by atoms with Crippen molar-refractivity contribution in [3.05, 3.63) is 35.9 Å². The van der Waals surface area contributed by atoms with Crippen LogP contribution in [-0.2, 0) is 20.9 Å². The summed E-state index contributed by atoms with van der Waals surface area (Å²) in [6, 6.07) is 9.91. The second-order valence-electron chi connectivity index (χ2n) is 4.12. The van der Waals surface area contributed by atoms with Gasteiger partial charge in [0.2, 0.25) is 0 Å². The Morgan fingerprint density at radius 2 is 2.13 bits per heavy atom. The molecule has 0 aliphatic carbocycles.